The van der Waals surface area contributed by atoms with Gasteiger partial charge in [-0.15, -0.1) is 0 Å². The molecule has 0 atom stereocenters. The summed E-state index contributed by atoms with van der Waals surface area (Å²) in [6, 6.07) is 6.27. The number of rotatable bonds is 2. The lowest BCUT2D eigenvalue weighted by molar-refractivity contribution is 0.416. The first-order valence-corrected chi connectivity index (χ1v) is 5.64. The molecule has 0 bridgehead atoms. The van der Waals surface area contributed by atoms with Gasteiger partial charge in [-0.25, -0.2) is 0 Å². The molecule has 1 aliphatic rings. The van der Waals surface area contributed by atoms with E-state index in [1.807, 2.05) is 18.2 Å². The van der Waals surface area contributed by atoms with Gasteiger partial charge in [0.2, 0.25) is 0 Å². The van der Waals surface area contributed by atoms with Gasteiger partial charge >= 0.3 is 0 Å². The topological polar surface area (TPSA) is 64.5 Å². The fraction of sp³-hybridized carbons (Fsp3) is 0.500. The third kappa shape index (κ3) is 2.22. The van der Waals surface area contributed by atoms with Gasteiger partial charge in [-0.05, 0) is 25.0 Å². The molecule has 16 heavy (non-hydrogen) atoms. The van der Waals surface area contributed by atoms with Crippen molar-refractivity contribution in [2.75, 3.05) is 30.8 Å². The smallest absolute Gasteiger partial charge is 0.143 e. The maximum Gasteiger partial charge on any atom is 0.143 e. The first-order valence-electron chi connectivity index (χ1n) is 5.64. The van der Waals surface area contributed by atoms with Gasteiger partial charge < -0.3 is 21.1 Å². The zero-order valence-corrected chi connectivity index (χ0v) is 9.65. The first-order chi connectivity index (χ1) is 7.70. The molecule has 0 saturated carbocycles. The van der Waals surface area contributed by atoms with E-state index in [1.54, 1.807) is 7.11 Å². The largest absolute Gasteiger partial charge is 0.495 e. The van der Waals surface area contributed by atoms with Crippen LogP contribution in [-0.4, -0.2) is 26.2 Å². The van der Waals surface area contributed by atoms with Crippen LogP contribution in [0.3, 0.4) is 0 Å². The number of nitrogens with two attached hydrogens (primary N) is 2. The molecule has 1 aromatic rings. The molecule has 0 unspecified atom stereocenters. The Morgan fingerprint density at radius 2 is 2.00 bits per heavy atom. The summed E-state index contributed by atoms with van der Waals surface area (Å²) in [5.41, 5.74) is 13.5. The van der Waals surface area contributed by atoms with Crippen molar-refractivity contribution < 1.29 is 4.74 Å². The van der Waals surface area contributed by atoms with Crippen LogP contribution in [0.15, 0.2) is 18.2 Å². The molecule has 4 nitrogen and oxygen atoms in total. The van der Waals surface area contributed by atoms with Gasteiger partial charge in [0.05, 0.1) is 12.8 Å². The van der Waals surface area contributed by atoms with Gasteiger partial charge in [0.15, 0.2) is 0 Å². The summed E-state index contributed by atoms with van der Waals surface area (Å²) in [4.78, 5) is 2.32. The van der Waals surface area contributed by atoms with E-state index in [0.29, 0.717) is 11.7 Å². The van der Waals surface area contributed by atoms with Crippen molar-refractivity contribution in [2.45, 2.75) is 18.9 Å². The molecule has 0 aromatic heterocycles. The molecule has 0 aliphatic carbocycles. The van der Waals surface area contributed by atoms with Crippen molar-refractivity contribution in [3.63, 3.8) is 0 Å². The average Bonchev–Trinajstić information content (AvgIpc) is 2.31. The molecule has 1 aromatic carbocycles. The Kier molecular flexibility index (Phi) is 3.19. The Bertz CT molecular complexity index is 359. The monoisotopic (exact) mass is 221 g/mol. The molecule has 2 rings (SSSR count). The Morgan fingerprint density at radius 1 is 1.31 bits per heavy atom. The Hall–Kier alpha value is -1.42. The van der Waals surface area contributed by atoms with Gasteiger partial charge in [0.1, 0.15) is 5.75 Å². The molecule has 1 aliphatic heterocycles. The van der Waals surface area contributed by atoms with Gasteiger partial charge in [0.25, 0.3) is 0 Å². The van der Waals surface area contributed by atoms with Gasteiger partial charge in [-0.3, -0.25) is 0 Å². The summed E-state index contributed by atoms with van der Waals surface area (Å²) in [7, 11) is 1.64. The van der Waals surface area contributed by atoms with Gasteiger partial charge in [0, 0.05) is 30.9 Å². The van der Waals surface area contributed by atoms with E-state index in [2.05, 4.69) is 4.90 Å². The molecular formula is C12H19N3O. The van der Waals surface area contributed by atoms with E-state index < -0.39 is 0 Å². The lowest BCUT2D eigenvalue weighted by Gasteiger charge is -2.32. The van der Waals surface area contributed by atoms with Crippen LogP contribution >= 0.6 is 0 Å². The summed E-state index contributed by atoms with van der Waals surface area (Å²) < 4.78 is 5.22. The van der Waals surface area contributed by atoms with Crippen LogP contribution in [0, 0.1) is 0 Å². The third-order valence-electron chi connectivity index (χ3n) is 3.12. The van der Waals surface area contributed by atoms with Crippen LogP contribution in [0.2, 0.25) is 0 Å². The number of benzene rings is 1. The molecule has 0 radical (unpaired) electrons. The van der Waals surface area contributed by atoms with Gasteiger partial charge in [-0.1, -0.05) is 0 Å². The number of hydrogen-bond donors (Lipinski definition) is 2. The van der Waals surface area contributed by atoms with E-state index in [9.17, 15) is 0 Å². The molecule has 0 spiro atoms. The molecule has 88 valence electrons. The predicted molar refractivity (Wildman–Crippen MR) is 66.8 cm³/mol. The lowest BCUT2D eigenvalue weighted by Crippen LogP contribution is -2.39. The second-order valence-corrected chi connectivity index (χ2v) is 4.25. The average molecular weight is 221 g/mol. The van der Waals surface area contributed by atoms with Crippen molar-refractivity contribution in [1.29, 1.82) is 0 Å². The van der Waals surface area contributed by atoms with Crippen molar-refractivity contribution in [3.8, 4) is 5.75 Å². The maximum absolute atomic E-state index is 5.88. The highest BCUT2D eigenvalue weighted by Crippen LogP contribution is 2.28. The predicted octanol–water partition coefficient (Wildman–Crippen LogP) is 1.20. The highest BCUT2D eigenvalue weighted by molar-refractivity contribution is 5.62. The number of nitrogens with zero attached hydrogens (tertiary/aromatic N) is 1. The summed E-state index contributed by atoms with van der Waals surface area (Å²) in [6.45, 7) is 2.02. The zero-order chi connectivity index (χ0) is 11.5. The number of nitrogen functional groups attached to an aromatic ring is 1. The normalized spacial score (nSPS) is 17.5. The highest BCUT2D eigenvalue weighted by Gasteiger charge is 2.16. The lowest BCUT2D eigenvalue weighted by atomic mass is 10.1. The molecule has 4 heteroatoms. The summed E-state index contributed by atoms with van der Waals surface area (Å²) in [6.07, 6.45) is 2.10. The fourth-order valence-electron chi connectivity index (χ4n) is 2.05. The second-order valence-electron chi connectivity index (χ2n) is 4.25. The van der Waals surface area contributed by atoms with Crippen LogP contribution in [-0.2, 0) is 0 Å². The Morgan fingerprint density at radius 3 is 2.62 bits per heavy atom. The van der Waals surface area contributed by atoms with Crippen LogP contribution in [0.4, 0.5) is 11.4 Å². The van der Waals surface area contributed by atoms with Gasteiger partial charge in [-0.2, -0.15) is 0 Å². The minimum atomic E-state index is 0.354. The van der Waals surface area contributed by atoms with Crippen LogP contribution in [0.25, 0.3) is 0 Å². The van der Waals surface area contributed by atoms with Crippen LogP contribution in [0.1, 0.15) is 12.8 Å². The van der Waals surface area contributed by atoms with Crippen molar-refractivity contribution in [3.05, 3.63) is 18.2 Å². The quantitative estimate of drug-likeness (QED) is 0.737. The van der Waals surface area contributed by atoms with E-state index in [-0.39, 0.29) is 0 Å². The highest BCUT2D eigenvalue weighted by atomic mass is 16.5. The standard InChI is InChI=1S/C12H19N3O/c1-16-12-8-10(2-3-11(12)14)15-6-4-9(13)5-7-15/h2-3,8-9H,4-7,13-14H2,1H3. The van der Waals surface area contributed by atoms with Crippen molar-refractivity contribution in [1.82, 2.24) is 0 Å². The SMILES string of the molecule is COc1cc(N2CCC(N)CC2)ccc1N. The summed E-state index contributed by atoms with van der Waals surface area (Å²) >= 11 is 0. The summed E-state index contributed by atoms with van der Waals surface area (Å²) in [5, 5.41) is 0. The Labute approximate surface area is 96.2 Å². The Balaban J connectivity index is 2.14. The second kappa shape index (κ2) is 4.61. The summed E-state index contributed by atoms with van der Waals surface area (Å²) in [5.74, 6) is 0.743. The molecular weight excluding hydrogens is 202 g/mol. The molecule has 0 amide bonds. The molecule has 4 N–H and O–H groups in total. The van der Waals surface area contributed by atoms with E-state index >= 15 is 0 Å². The molecule has 1 saturated heterocycles. The fourth-order valence-corrected chi connectivity index (χ4v) is 2.05. The number of methoxy groups -OCH3 is 1. The number of ether oxygens (including phenoxy) is 1. The first kappa shape index (κ1) is 11.1. The van der Waals surface area contributed by atoms with Crippen molar-refractivity contribution >= 4 is 11.4 Å². The van der Waals surface area contributed by atoms with Crippen LogP contribution in [0.5, 0.6) is 5.75 Å². The molecule has 1 fully saturated rings. The van der Waals surface area contributed by atoms with E-state index in [1.165, 1.54) is 0 Å². The maximum atomic E-state index is 5.88. The zero-order valence-electron chi connectivity index (χ0n) is 9.65. The molecule has 1 heterocycles. The third-order valence-corrected chi connectivity index (χ3v) is 3.12. The van der Waals surface area contributed by atoms with E-state index in [0.717, 1.165) is 37.4 Å². The van der Waals surface area contributed by atoms with E-state index in [4.69, 9.17) is 16.2 Å². The number of hydrogen-bond acceptors (Lipinski definition) is 4. The number of piperidine rings is 1. The number of anilines is 2. The van der Waals surface area contributed by atoms with Crippen molar-refractivity contribution in [2.24, 2.45) is 5.73 Å². The minimum absolute atomic E-state index is 0.354. The minimum Gasteiger partial charge on any atom is -0.495 e. The van der Waals surface area contributed by atoms with Crippen LogP contribution < -0.4 is 21.1 Å².